The molecule has 1 aromatic carbocycles. The third-order valence-corrected chi connectivity index (χ3v) is 2.44. The van der Waals surface area contributed by atoms with E-state index in [0.717, 1.165) is 16.8 Å². The number of aromatic nitrogens is 3. The van der Waals surface area contributed by atoms with E-state index in [1.54, 1.807) is 6.20 Å². The highest BCUT2D eigenvalue weighted by Crippen LogP contribution is 2.25. The summed E-state index contributed by atoms with van der Waals surface area (Å²) in [5.74, 6) is 0. The maximum Gasteiger partial charge on any atom is 0.0950 e. The number of benzene rings is 1. The highest BCUT2D eigenvalue weighted by molar-refractivity contribution is 5.92. The normalized spacial score (nSPS) is 10.7. The minimum atomic E-state index is 0.894. The number of nitrogens with one attached hydrogen (secondary N) is 1. The van der Waals surface area contributed by atoms with Gasteiger partial charge in [-0.25, -0.2) is 0 Å². The topological polar surface area (TPSA) is 41.6 Å². The van der Waals surface area contributed by atoms with Crippen LogP contribution in [0.5, 0.6) is 0 Å². The molecule has 0 saturated heterocycles. The molecule has 3 rings (SSSR count). The Hall–Kier alpha value is -2.16. The van der Waals surface area contributed by atoms with Crippen molar-refractivity contribution >= 4 is 10.9 Å². The Labute approximate surface area is 86.8 Å². The number of aromatic amines is 1. The van der Waals surface area contributed by atoms with E-state index in [1.807, 2.05) is 30.5 Å². The molecule has 2 aromatic heterocycles. The lowest BCUT2D eigenvalue weighted by Crippen LogP contribution is -1.86. The van der Waals surface area contributed by atoms with E-state index in [4.69, 9.17) is 0 Å². The summed E-state index contributed by atoms with van der Waals surface area (Å²) in [6.45, 7) is 0. The molecule has 0 aliphatic rings. The highest BCUT2D eigenvalue weighted by Gasteiger charge is 2.04. The van der Waals surface area contributed by atoms with Gasteiger partial charge >= 0.3 is 0 Å². The Bertz CT molecular complexity index is 584. The average molecular weight is 195 g/mol. The predicted molar refractivity (Wildman–Crippen MR) is 59.3 cm³/mol. The quantitative estimate of drug-likeness (QED) is 0.648. The molecule has 72 valence electrons. The number of nitrogens with zero attached hydrogens (tertiary/aromatic N) is 2. The van der Waals surface area contributed by atoms with Crippen molar-refractivity contribution in [3.63, 3.8) is 0 Å². The molecule has 0 saturated carbocycles. The molecule has 0 unspecified atom stereocenters. The first-order valence-corrected chi connectivity index (χ1v) is 4.79. The van der Waals surface area contributed by atoms with E-state index in [9.17, 15) is 0 Å². The number of hydrogen-bond acceptors (Lipinski definition) is 2. The first-order chi connectivity index (χ1) is 7.45. The molecule has 1 N–H and O–H groups in total. The van der Waals surface area contributed by atoms with E-state index in [1.165, 1.54) is 5.39 Å². The zero-order valence-electron chi connectivity index (χ0n) is 8.01. The monoisotopic (exact) mass is 195 g/mol. The van der Waals surface area contributed by atoms with Gasteiger partial charge in [0.05, 0.1) is 11.2 Å². The molecule has 2 heterocycles. The second-order valence-electron chi connectivity index (χ2n) is 3.36. The van der Waals surface area contributed by atoms with Crippen LogP contribution >= 0.6 is 0 Å². The van der Waals surface area contributed by atoms with Crippen LogP contribution in [0.1, 0.15) is 0 Å². The molecule has 0 atom stereocenters. The fourth-order valence-corrected chi connectivity index (χ4v) is 1.74. The van der Waals surface area contributed by atoms with E-state index < -0.39 is 0 Å². The van der Waals surface area contributed by atoms with Crippen molar-refractivity contribution in [1.82, 2.24) is 15.2 Å². The molecular formula is C12H9N3. The van der Waals surface area contributed by atoms with Crippen LogP contribution in [0.4, 0.5) is 0 Å². The summed E-state index contributed by atoms with van der Waals surface area (Å²) in [5.41, 5.74) is 3.09. The van der Waals surface area contributed by atoms with Gasteiger partial charge in [0.1, 0.15) is 0 Å². The van der Waals surface area contributed by atoms with Gasteiger partial charge in [0.15, 0.2) is 0 Å². The second-order valence-corrected chi connectivity index (χ2v) is 3.36. The molecule has 0 fully saturated rings. The lowest BCUT2D eigenvalue weighted by Gasteiger charge is -2.00. The summed E-state index contributed by atoms with van der Waals surface area (Å²) >= 11 is 0. The van der Waals surface area contributed by atoms with Crippen LogP contribution in [0.15, 0.2) is 48.8 Å². The second kappa shape index (κ2) is 3.20. The van der Waals surface area contributed by atoms with Crippen LogP contribution in [0.3, 0.4) is 0 Å². The standard InChI is InChI=1S/C12H9N3/c1-3-9-6-8-13-12(9)10(4-1)11-5-2-7-14-15-11/h1-8,13H. The lowest BCUT2D eigenvalue weighted by atomic mass is 10.1. The summed E-state index contributed by atoms with van der Waals surface area (Å²) in [5, 5.41) is 9.19. The Morgan fingerprint density at radius 2 is 2.00 bits per heavy atom. The number of hydrogen-bond donors (Lipinski definition) is 1. The fraction of sp³-hybridized carbons (Fsp3) is 0. The first kappa shape index (κ1) is 8.17. The molecule has 3 aromatic rings. The van der Waals surface area contributed by atoms with Crippen LogP contribution in [-0.2, 0) is 0 Å². The summed E-state index contributed by atoms with van der Waals surface area (Å²) in [6, 6.07) is 12.1. The van der Waals surface area contributed by atoms with Crippen LogP contribution < -0.4 is 0 Å². The van der Waals surface area contributed by atoms with Gasteiger partial charge in [-0.15, -0.1) is 0 Å². The van der Waals surface area contributed by atoms with Gasteiger partial charge in [0.2, 0.25) is 0 Å². The van der Waals surface area contributed by atoms with Gasteiger partial charge in [-0.05, 0) is 18.2 Å². The van der Waals surface area contributed by atoms with Gasteiger partial charge in [-0.2, -0.15) is 10.2 Å². The molecule has 0 spiro atoms. The molecule has 0 bridgehead atoms. The number of para-hydroxylation sites is 1. The number of H-pyrrole nitrogens is 1. The summed E-state index contributed by atoms with van der Waals surface area (Å²) < 4.78 is 0. The average Bonchev–Trinajstić information content (AvgIpc) is 2.78. The third-order valence-electron chi connectivity index (χ3n) is 2.44. The lowest BCUT2D eigenvalue weighted by molar-refractivity contribution is 1.04. The van der Waals surface area contributed by atoms with Crippen LogP contribution in [0.2, 0.25) is 0 Å². The van der Waals surface area contributed by atoms with E-state index in [2.05, 4.69) is 27.3 Å². The molecule has 15 heavy (non-hydrogen) atoms. The molecule has 0 aliphatic carbocycles. The maximum atomic E-state index is 4.11. The first-order valence-electron chi connectivity index (χ1n) is 4.79. The van der Waals surface area contributed by atoms with Crippen molar-refractivity contribution in [2.45, 2.75) is 0 Å². The highest BCUT2D eigenvalue weighted by atomic mass is 15.1. The molecule has 0 radical (unpaired) electrons. The van der Waals surface area contributed by atoms with Gasteiger partial charge in [0.25, 0.3) is 0 Å². The van der Waals surface area contributed by atoms with E-state index in [-0.39, 0.29) is 0 Å². The van der Waals surface area contributed by atoms with Gasteiger partial charge in [-0.3, -0.25) is 0 Å². The summed E-state index contributed by atoms with van der Waals surface area (Å²) in [4.78, 5) is 3.22. The third kappa shape index (κ3) is 1.29. The summed E-state index contributed by atoms with van der Waals surface area (Å²) in [7, 11) is 0. The zero-order chi connectivity index (χ0) is 10.1. The Balaban J connectivity index is 2.31. The van der Waals surface area contributed by atoms with Crippen molar-refractivity contribution in [3.05, 3.63) is 48.8 Å². The molecular weight excluding hydrogens is 186 g/mol. The van der Waals surface area contributed by atoms with Crippen LogP contribution in [0, 0.1) is 0 Å². The smallest absolute Gasteiger partial charge is 0.0950 e. The Morgan fingerprint density at radius 3 is 2.87 bits per heavy atom. The van der Waals surface area contributed by atoms with Gasteiger partial charge in [-0.1, -0.05) is 18.2 Å². The SMILES string of the molecule is c1cnnc(-c2cccc3cc[nH]c23)c1. The predicted octanol–water partition coefficient (Wildman–Crippen LogP) is 2.62. The Morgan fingerprint density at radius 1 is 1.00 bits per heavy atom. The maximum absolute atomic E-state index is 4.11. The van der Waals surface area contributed by atoms with Crippen LogP contribution in [-0.4, -0.2) is 15.2 Å². The largest absolute Gasteiger partial charge is 0.361 e. The van der Waals surface area contributed by atoms with Crippen molar-refractivity contribution in [2.75, 3.05) is 0 Å². The van der Waals surface area contributed by atoms with Gasteiger partial charge < -0.3 is 4.98 Å². The van der Waals surface area contributed by atoms with E-state index >= 15 is 0 Å². The molecule has 0 aliphatic heterocycles. The van der Waals surface area contributed by atoms with Gasteiger partial charge in [0, 0.05) is 23.3 Å². The molecule has 0 amide bonds. The summed E-state index contributed by atoms with van der Waals surface area (Å²) in [6.07, 6.45) is 3.61. The van der Waals surface area contributed by atoms with Crippen LogP contribution in [0.25, 0.3) is 22.2 Å². The molecule has 3 heteroatoms. The Kier molecular flexibility index (Phi) is 1.75. The van der Waals surface area contributed by atoms with Crippen molar-refractivity contribution in [1.29, 1.82) is 0 Å². The van der Waals surface area contributed by atoms with E-state index in [0.29, 0.717) is 0 Å². The minimum absolute atomic E-state index is 0.894. The van der Waals surface area contributed by atoms with Crippen molar-refractivity contribution in [2.24, 2.45) is 0 Å². The van der Waals surface area contributed by atoms with Crippen molar-refractivity contribution in [3.8, 4) is 11.3 Å². The zero-order valence-corrected chi connectivity index (χ0v) is 8.01. The fourth-order valence-electron chi connectivity index (χ4n) is 1.74. The minimum Gasteiger partial charge on any atom is -0.361 e. The van der Waals surface area contributed by atoms with Crippen molar-refractivity contribution < 1.29 is 0 Å². The number of fused-ring (bicyclic) bond motifs is 1. The molecule has 3 nitrogen and oxygen atoms in total. The number of rotatable bonds is 1.